The summed E-state index contributed by atoms with van der Waals surface area (Å²) in [5.74, 6) is -5.18. The van der Waals surface area contributed by atoms with Gasteiger partial charge in [-0.15, -0.1) is 0 Å². The Balaban J connectivity index is 3.06. The van der Waals surface area contributed by atoms with Crippen molar-refractivity contribution in [2.45, 2.75) is 19.8 Å². The molecule has 0 aromatic heterocycles. The molecule has 0 saturated carbocycles. The van der Waals surface area contributed by atoms with Crippen molar-refractivity contribution in [2.24, 2.45) is 0 Å². The van der Waals surface area contributed by atoms with Crippen molar-refractivity contribution in [3.05, 3.63) is 34.3 Å². The molecular formula is C11H11ClF2O2. The van der Waals surface area contributed by atoms with Gasteiger partial charge in [-0.3, -0.25) is 0 Å². The van der Waals surface area contributed by atoms with Crippen LogP contribution >= 0.6 is 11.6 Å². The molecule has 0 saturated heterocycles. The van der Waals surface area contributed by atoms with Gasteiger partial charge in [0.25, 0.3) is 0 Å². The number of hydrogen-bond donors (Lipinski definition) is 0. The first-order valence-electron chi connectivity index (χ1n) is 4.71. The Morgan fingerprint density at radius 3 is 2.62 bits per heavy atom. The molecular weight excluding hydrogens is 238 g/mol. The predicted molar refractivity (Wildman–Crippen MR) is 56.7 cm³/mol. The molecule has 0 spiro atoms. The number of benzene rings is 1. The second-order valence-corrected chi connectivity index (χ2v) is 3.67. The highest BCUT2D eigenvalue weighted by Gasteiger charge is 2.42. The lowest BCUT2D eigenvalue weighted by Crippen LogP contribution is -2.28. The molecule has 0 bridgehead atoms. The number of carbonyl (C=O) groups excluding carboxylic acids is 1. The summed E-state index contributed by atoms with van der Waals surface area (Å²) in [6.07, 6.45) is 0. The van der Waals surface area contributed by atoms with E-state index in [9.17, 15) is 13.6 Å². The first-order chi connectivity index (χ1) is 7.39. The normalized spacial score (nSPS) is 11.3. The molecule has 88 valence electrons. The number of aryl methyl sites for hydroxylation is 1. The Labute approximate surface area is 97.2 Å². The van der Waals surface area contributed by atoms with Crippen LogP contribution in [-0.4, -0.2) is 12.6 Å². The van der Waals surface area contributed by atoms with E-state index in [0.29, 0.717) is 10.6 Å². The summed E-state index contributed by atoms with van der Waals surface area (Å²) in [5.41, 5.74) is 0.0796. The van der Waals surface area contributed by atoms with Gasteiger partial charge in [-0.05, 0) is 31.5 Å². The SMILES string of the molecule is CCOC(=O)C(F)(F)c1ccc(Cl)c(C)c1. The van der Waals surface area contributed by atoms with Crippen LogP contribution in [0.4, 0.5) is 8.78 Å². The molecule has 1 aromatic rings. The molecule has 0 amide bonds. The molecule has 0 radical (unpaired) electrons. The minimum Gasteiger partial charge on any atom is -0.461 e. The fraction of sp³-hybridized carbons (Fsp3) is 0.364. The summed E-state index contributed by atoms with van der Waals surface area (Å²) in [5, 5.41) is 0.378. The Kier molecular flexibility index (Phi) is 3.86. The third kappa shape index (κ3) is 2.50. The molecule has 5 heteroatoms. The van der Waals surface area contributed by atoms with Gasteiger partial charge in [0.15, 0.2) is 0 Å². The van der Waals surface area contributed by atoms with Crippen LogP contribution in [0.25, 0.3) is 0 Å². The first-order valence-corrected chi connectivity index (χ1v) is 5.09. The van der Waals surface area contributed by atoms with E-state index in [1.165, 1.54) is 19.1 Å². The van der Waals surface area contributed by atoms with Crippen LogP contribution in [-0.2, 0) is 15.5 Å². The molecule has 1 aromatic carbocycles. The van der Waals surface area contributed by atoms with Crippen LogP contribution in [0.3, 0.4) is 0 Å². The highest BCUT2D eigenvalue weighted by Crippen LogP contribution is 2.31. The van der Waals surface area contributed by atoms with Gasteiger partial charge in [0.05, 0.1) is 6.61 Å². The van der Waals surface area contributed by atoms with Crippen molar-refractivity contribution < 1.29 is 18.3 Å². The van der Waals surface area contributed by atoms with E-state index in [1.807, 2.05) is 0 Å². The van der Waals surface area contributed by atoms with Crippen LogP contribution in [0.5, 0.6) is 0 Å². The van der Waals surface area contributed by atoms with E-state index in [1.54, 1.807) is 6.92 Å². The van der Waals surface area contributed by atoms with Crippen LogP contribution in [0.1, 0.15) is 18.1 Å². The van der Waals surface area contributed by atoms with Crippen LogP contribution in [0.15, 0.2) is 18.2 Å². The first kappa shape index (κ1) is 12.9. The number of hydrogen-bond acceptors (Lipinski definition) is 2. The maximum atomic E-state index is 13.5. The standard InChI is InChI=1S/C11H11ClF2O2/c1-3-16-10(15)11(13,14)8-4-5-9(12)7(2)6-8/h4-6H,3H2,1-2H3. The molecule has 16 heavy (non-hydrogen) atoms. The number of halogens is 3. The molecule has 0 N–H and O–H groups in total. The second-order valence-electron chi connectivity index (χ2n) is 3.26. The molecule has 0 aliphatic heterocycles. The number of carbonyl (C=O) groups is 1. The average Bonchev–Trinajstić information content (AvgIpc) is 2.22. The lowest BCUT2D eigenvalue weighted by molar-refractivity contribution is -0.173. The molecule has 1 rings (SSSR count). The van der Waals surface area contributed by atoms with Gasteiger partial charge in [-0.1, -0.05) is 17.7 Å². The lowest BCUT2D eigenvalue weighted by Gasteiger charge is -2.15. The highest BCUT2D eigenvalue weighted by atomic mass is 35.5. The molecule has 2 nitrogen and oxygen atoms in total. The van der Waals surface area contributed by atoms with Gasteiger partial charge in [0.1, 0.15) is 0 Å². The highest BCUT2D eigenvalue weighted by molar-refractivity contribution is 6.31. The van der Waals surface area contributed by atoms with E-state index >= 15 is 0 Å². The summed E-state index contributed by atoms with van der Waals surface area (Å²) in [6, 6.07) is 3.63. The number of esters is 1. The number of ether oxygens (including phenoxy) is 1. The minimum absolute atomic E-state index is 0.0823. The van der Waals surface area contributed by atoms with E-state index in [0.717, 1.165) is 6.07 Å². The average molecular weight is 249 g/mol. The molecule has 0 atom stereocenters. The molecule has 0 aliphatic carbocycles. The summed E-state index contributed by atoms with van der Waals surface area (Å²) in [4.78, 5) is 11.1. The van der Waals surface area contributed by atoms with Crippen molar-refractivity contribution in [1.82, 2.24) is 0 Å². The molecule has 0 unspecified atom stereocenters. The van der Waals surface area contributed by atoms with Gasteiger partial charge in [-0.25, -0.2) is 4.79 Å². The zero-order valence-electron chi connectivity index (χ0n) is 8.89. The quantitative estimate of drug-likeness (QED) is 0.767. The van der Waals surface area contributed by atoms with Gasteiger partial charge in [0, 0.05) is 10.6 Å². The van der Waals surface area contributed by atoms with Gasteiger partial charge < -0.3 is 4.74 Å². The van der Waals surface area contributed by atoms with E-state index in [2.05, 4.69) is 4.74 Å². The zero-order chi connectivity index (χ0) is 12.3. The van der Waals surface area contributed by atoms with E-state index in [-0.39, 0.29) is 6.61 Å². The van der Waals surface area contributed by atoms with Crippen molar-refractivity contribution in [2.75, 3.05) is 6.61 Å². The Morgan fingerprint density at radius 2 is 2.12 bits per heavy atom. The second kappa shape index (κ2) is 4.78. The van der Waals surface area contributed by atoms with E-state index < -0.39 is 17.5 Å². The van der Waals surface area contributed by atoms with Crippen LogP contribution in [0.2, 0.25) is 5.02 Å². The summed E-state index contributed by atoms with van der Waals surface area (Å²) in [6.45, 7) is 2.98. The molecule has 0 aliphatic rings. The zero-order valence-corrected chi connectivity index (χ0v) is 9.65. The fourth-order valence-corrected chi connectivity index (χ4v) is 1.30. The van der Waals surface area contributed by atoms with Crippen LogP contribution < -0.4 is 0 Å². The van der Waals surface area contributed by atoms with Crippen molar-refractivity contribution in [3.8, 4) is 0 Å². The van der Waals surface area contributed by atoms with Crippen molar-refractivity contribution in [1.29, 1.82) is 0 Å². The summed E-state index contributed by atoms with van der Waals surface area (Å²) in [7, 11) is 0. The third-order valence-corrected chi connectivity index (χ3v) is 2.48. The van der Waals surface area contributed by atoms with Crippen molar-refractivity contribution >= 4 is 17.6 Å². The largest absolute Gasteiger partial charge is 0.461 e. The summed E-state index contributed by atoms with van der Waals surface area (Å²) >= 11 is 5.71. The Bertz CT molecular complexity index is 405. The monoisotopic (exact) mass is 248 g/mol. The molecule has 0 heterocycles. The minimum atomic E-state index is -3.63. The maximum absolute atomic E-state index is 13.5. The molecule has 0 fully saturated rings. The van der Waals surface area contributed by atoms with Crippen LogP contribution in [0, 0.1) is 6.92 Å². The van der Waals surface area contributed by atoms with Gasteiger partial charge >= 0.3 is 11.9 Å². The van der Waals surface area contributed by atoms with E-state index in [4.69, 9.17) is 11.6 Å². The number of rotatable bonds is 3. The fourth-order valence-electron chi connectivity index (χ4n) is 1.18. The summed E-state index contributed by atoms with van der Waals surface area (Å²) < 4.78 is 31.4. The third-order valence-electron chi connectivity index (χ3n) is 2.05. The lowest BCUT2D eigenvalue weighted by atomic mass is 10.1. The Morgan fingerprint density at radius 1 is 1.50 bits per heavy atom. The maximum Gasteiger partial charge on any atom is 0.381 e. The van der Waals surface area contributed by atoms with Gasteiger partial charge in [-0.2, -0.15) is 8.78 Å². The topological polar surface area (TPSA) is 26.3 Å². The van der Waals surface area contributed by atoms with Gasteiger partial charge in [0.2, 0.25) is 0 Å². The Hall–Kier alpha value is -1.16. The smallest absolute Gasteiger partial charge is 0.381 e. The predicted octanol–water partition coefficient (Wildman–Crippen LogP) is 3.30. The number of alkyl halides is 2. The van der Waals surface area contributed by atoms with Crippen molar-refractivity contribution in [3.63, 3.8) is 0 Å².